The molecule has 0 aromatic heterocycles. The number of aliphatic imine (C=N–C) groups is 1. The van der Waals surface area contributed by atoms with E-state index in [9.17, 15) is 13.2 Å². The normalized spacial score (nSPS) is 17.8. The Balaban J connectivity index is 2.22. The SMILES string of the molecule is Cc1c(C)c(S(=O)(=O)NC(N)=NCCC[C@](C)(N)C(=O)O)c(C)c2c1OC(C)(C)C2. The van der Waals surface area contributed by atoms with E-state index in [-0.39, 0.29) is 23.8 Å². The molecule has 0 saturated heterocycles. The molecule has 0 saturated carbocycles. The van der Waals surface area contributed by atoms with Crippen LogP contribution in [0.2, 0.25) is 0 Å². The van der Waals surface area contributed by atoms with Gasteiger partial charge < -0.3 is 21.3 Å². The second-order valence-electron chi connectivity index (χ2n) is 8.75. The number of carbonyl (C=O) groups is 1. The van der Waals surface area contributed by atoms with Crippen LogP contribution in [0, 0.1) is 20.8 Å². The van der Waals surface area contributed by atoms with Gasteiger partial charge in [0.25, 0.3) is 10.0 Å². The first-order valence-corrected chi connectivity index (χ1v) is 11.2. The smallest absolute Gasteiger partial charge is 0.323 e. The van der Waals surface area contributed by atoms with Crippen LogP contribution in [0.1, 0.15) is 55.9 Å². The van der Waals surface area contributed by atoms with Crippen molar-refractivity contribution in [2.45, 2.75) is 76.8 Å². The van der Waals surface area contributed by atoms with E-state index in [1.807, 2.05) is 20.8 Å². The maximum atomic E-state index is 13.1. The fourth-order valence-corrected chi connectivity index (χ4v) is 5.15. The predicted octanol–water partition coefficient (Wildman–Crippen LogP) is 1.50. The molecule has 10 heteroatoms. The molecule has 0 bridgehead atoms. The summed E-state index contributed by atoms with van der Waals surface area (Å²) in [4.78, 5) is 15.2. The van der Waals surface area contributed by atoms with Gasteiger partial charge in [0.1, 0.15) is 16.9 Å². The van der Waals surface area contributed by atoms with Gasteiger partial charge in [-0.2, -0.15) is 0 Å². The van der Waals surface area contributed by atoms with Crippen molar-refractivity contribution in [3.05, 3.63) is 22.3 Å². The minimum Gasteiger partial charge on any atom is -0.487 e. The molecule has 0 aliphatic carbocycles. The molecule has 30 heavy (non-hydrogen) atoms. The number of guanidine groups is 1. The van der Waals surface area contributed by atoms with Crippen molar-refractivity contribution in [1.29, 1.82) is 0 Å². The average Bonchev–Trinajstić information content (AvgIpc) is 2.92. The van der Waals surface area contributed by atoms with Crippen LogP contribution in [0.3, 0.4) is 0 Å². The number of hydrogen-bond acceptors (Lipinski definition) is 6. The average molecular weight is 441 g/mol. The molecule has 9 nitrogen and oxygen atoms in total. The number of rotatable bonds is 7. The Morgan fingerprint density at radius 1 is 1.27 bits per heavy atom. The van der Waals surface area contributed by atoms with Crippen molar-refractivity contribution in [2.75, 3.05) is 6.54 Å². The lowest BCUT2D eigenvalue weighted by Gasteiger charge is -2.19. The summed E-state index contributed by atoms with van der Waals surface area (Å²) < 4.78 is 34.5. The quantitative estimate of drug-likeness (QED) is 0.284. The van der Waals surface area contributed by atoms with Gasteiger partial charge in [-0.15, -0.1) is 0 Å². The second-order valence-corrected chi connectivity index (χ2v) is 10.4. The second kappa shape index (κ2) is 8.07. The Morgan fingerprint density at radius 3 is 2.43 bits per heavy atom. The first-order valence-electron chi connectivity index (χ1n) is 9.76. The Hall–Kier alpha value is -2.33. The van der Waals surface area contributed by atoms with Gasteiger partial charge in [-0.1, -0.05) is 0 Å². The lowest BCUT2D eigenvalue weighted by atomic mass is 9.94. The van der Waals surface area contributed by atoms with E-state index in [2.05, 4.69) is 9.71 Å². The lowest BCUT2D eigenvalue weighted by molar-refractivity contribution is -0.142. The summed E-state index contributed by atoms with van der Waals surface area (Å²) in [7, 11) is -3.96. The van der Waals surface area contributed by atoms with Gasteiger partial charge in [0.05, 0.1) is 4.90 Å². The summed E-state index contributed by atoms with van der Waals surface area (Å²) in [6, 6.07) is 0. The van der Waals surface area contributed by atoms with E-state index < -0.39 is 27.1 Å². The predicted molar refractivity (Wildman–Crippen MR) is 115 cm³/mol. The minimum atomic E-state index is -3.96. The fourth-order valence-electron chi connectivity index (χ4n) is 3.62. The number of carboxylic acid groups (broad SMARTS) is 1. The van der Waals surface area contributed by atoms with Crippen LogP contribution in [-0.2, 0) is 21.2 Å². The Morgan fingerprint density at radius 2 is 1.87 bits per heavy atom. The number of carboxylic acids is 1. The number of sulfonamides is 1. The van der Waals surface area contributed by atoms with E-state index in [0.717, 1.165) is 16.9 Å². The highest BCUT2D eigenvalue weighted by atomic mass is 32.2. The highest BCUT2D eigenvalue weighted by Gasteiger charge is 2.36. The number of nitrogens with zero attached hydrogens (tertiary/aromatic N) is 1. The zero-order valence-electron chi connectivity index (χ0n) is 18.4. The van der Waals surface area contributed by atoms with E-state index in [4.69, 9.17) is 21.3 Å². The number of hydrogen-bond donors (Lipinski definition) is 4. The molecule has 0 fully saturated rings. The summed E-state index contributed by atoms with van der Waals surface area (Å²) in [6.45, 7) is 10.9. The van der Waals surface area contributed by atoms with E-state index in [1.165, 1.54) is 6.92 Å². The molecule has 168 valence electrons. The Kier molecular flexibility index (Phi) is 6.44. The van der Waals surface area contributed by atoms with Crippen LogP contribution in [0.5, 0.6) is 5.75 Å². The van der Waals surface area contributed by atoms with Gasteiger partial charge in [-0.05, 0) is 71.1 Å². The third-order valence-electron chi connectivity index (χ3n) is 5.42. The van der Waals surface area contributed by atoms with Crippen molar-refractivity contribution >= 4 is 22.0 Å². The topological polar surface area (TPSA) is 157 Å². The van der Waals surface area contributed by atoms with Gasteiger partial charge in [-0.25, -0.2) is 13.1 Å². The molecule has 0 unspecified atom stereocenters. The molecule has 0 spiro atoms. The van der Waals surface area contributed by atoms with Crippen LogP contribution in [0.15, 0.2) is 9.89 Å². The molecule has 1 aliphatic heterocycles. The van der Waals surface area contributed by atoms with E-state index >= 15 is 0 Å². The van der Waals surface area contributed by atoms with Gasteiger partial charge in [0.2, 0.25) is 5.96 Å². The summed E-state index contributed by atoms with van der Waals surface area (Å²) >= 11 is 0. The molecule has 1 aliphatic rings. The third-order valence-corrected chi connectivity index (χ3v) is 7.05. The van der Waals surface area contributed by atoms with E-state index in [1.54, 1.807) is 13.8 Å². The molecular weight excluding hydrogens is 408 g/mol. The number of nitrogens with one attached hydrogen (secondary N) is 1. The van der Waals surface area contributed by atoms with Crippen LogP contribution in [-0.4, -0.2) is 43.1 Å². The van der Waals surface area contributed by atoms with Crippen molar-refractivity contribution in [3.63, 3.8) is 0 Å². The number of ether oxygens (including phenoxy) is 1. The third kappa shape index (κ3) is 4.86. The van der Waals surface area contributed by atoms with Crippen molar-refractivity contribution < 1.29 is 23.1 Å². The molecule has 2 rings (SSSR count). The number of aliphatic carboxylic acids is 1. The van der Waals surface area contributed by atoms with Crippen molar-refractivity contribution in [1.82, 2.24) is 4.72 Å². The highest BCUT2D eigenvalue weighted by molar-refractivity contribution is 7.90. The minimum absolute atomic E-state index is 0.150. The maximum Gasteiger partial charge on any atom is 0.323 e. The maximum absolute atomic E-state index is 13.1. The van der Waals surface area contributed by atoms with Gasteiger partial charge in [0, 0.05) is 18.5 Å². The van der Waals surface area contributed by atoms with Crippen LogP contribution >= 0.6 is 0 Å². The molecule has 1 aromatic rings. The van der Waals surface area contributed by atoms with Crippen LogP contribution in [0.4, 0.5) is 0 Å². The van der Waals surface area contributed by atoms with Crippen LogP contribution < -0.4 is 20.9 Å². The highest BCUT2D eigenvalue weighted by Crippen LogP contribution is 2.43. The molecule has 0 radical (unpaired) electrons. The van der Waals surface area contributed by atoms with Crippen molar-refractivity contribution in [3.8, 4) is 5.75 Å². The zero-order valence-corrected chi connectivity index (χ0v) is 19.2. The lowest BCUT2D eigenvalue weighted by Crippen LogP contribution is -2.44. The Labute approximate surface area is 177 Å². The summed E-state index contributed by atoms with van der Waals surface area (Å²) in [5.74, 6) is -0.610. The van der Waals surface area contributed by atoms with E-state index in [0.29, 0.717) is 24.0 Å². The molecule has 1 aromatic carbocycles. The van der Waals surface area contributed by atoms with Crippen molar-refractivity contribution in [2.24, 2.45) is 16.5 Å². The molecule has 1 heterocycles. The van der Waals surface area contributed by atoms with Gasteiger partial charge in [-0.3, -0.25) is 9.79 Å². The summed E-state index contributed by atoms with van der Waals surface area (Å²) in [6.07, 6.45) is 1.15. The molecule has 1 atom stereocenters. The zero-order chi connectivity index (χ0) is 23.1. The molecule has 0 amide bonds. The first kappa shape index (κ1) is 23.9. The van der Waals surface area contributed by atoms with Gasteiger partial charge in [0.15, 0.2) is 0 Å². The number of fused-ring (bicyclic) bond motifs is 1. The van der Waals surface area contributed by atoms with Gasteiger partial charge >= 0.3 is 5.97 Å². The monoisotopic (exact) mass is 440 g/mol. The summed E-state index contributed by atoms with van der Waals surface area (Å²) in [5.41, 5.74) is 12.6. The first-order chi connectivity index (χ1) is 13.6. The van der Waals surface area contributed by atoms with Crippen LogP contribution in [0.25, 0.3) is 0 Å². The molecular formula is C20H32N4O5S. The summed E-state index contributed by atoms with van der Waals surface area (Å²) in [5, 5.41) is 9.02. The fraction of sp³-hybridized carbons (Fsp3) is 0.600. The Bertz CT molecular complexity index is 997. The number of nitrogens with two attached hydrogens (primary N) is 2. The standard InChI is InChI=1S/C20H32N4O5S/c1-11-12(2)16(13(3)14-10-19(4,5)29-15(11)14)30(27,28)24-18(21)23-9-7-8-20(6,22)17(25)26/h7-10,22H2,1-6H3,(H,25,26)(H3,21,23,24)/t20-/m0/s1. The largest absolute Gasteiger partial charge is 0.487 e. The molecule has 6 N–H and O–H groups in total. The number of benzene rings is 1.